The van der Waals surface area contributed by atoms with Crippen molar-refractivity contribution >= 4 is 17.9 Å². The first-order valence-corrected chi connectivity index (χ1v) is 11.4. The zero-order valence-corrected chi connectivity index (χ0v) is 18.6. The number of halogens is 1. The lowest BCUT2D eigenvalue weighted by atomic mass is 9.44. The van der Waals surface area contributed by atoms with Gasteiger partial charge < -0.3 is 9.84 Å². The second-order valence-electron chi connectivity index (χ2n) is 11.5. The monoisotopic (exact) mass is 430 g/mol. The first kappa shape index (κ1) is 21.2. The van der Waals surface area contributed by atoms with Crippen LogP contribution in [0.3, 0.4) is 0 Å². The fourth-order valence-electron chi connectivity index (χ4n) is 8.48. The number of aldehydes is 1. The summed E-state index contributed by atoms with van der Waals surface area (Å²) in [4.78, 5) is 36.8. The van der Waals surface area contributed by atoms with Crippen LogP contribution >= 0.6 is 0 Å². The summed E-state index contributed by atoms with van der Waals surface area (Å²) in [6.45, 7) is 7.54. The number of Topliss-reactive ketones (excluding diaryl/α,β-unsaturated/α-hetero) is 1. The molecule has 4 aliphatic carbocycles. The highest BCUT2D eigenvalue weighted by Gasteiger charge is 2.79. The highest BCUT2D eigenvalue weighted by Crippen LogP contribution is 2.73. The molecule has 1 saturated heterocycles. The van der Waals surface area contributed by atoms with Crippen LogP contribution in [0.5, 0.6) is 0 Å². The summed E-state index contributed by atoms with van der Waals surface area (Å²) in [5.74, 6) is -1.60. The Morgan fingerprint density at radius 1 is 1.23 bits per heavy atom. The fraction of sp³-hybridized carbons (Fsp3) is 0.720. The summed E-state index contributed by atoms with van der Waals surface area (Å²) in [6, 6.07) is 0. The van der Waals surface area contributed by atoms with E-state index in [1.165, 1.54) is 12.2 Å². The van der Waals surface area contributed by atoms with Crippen LogP contribution in [-0.2, 0) is 19.1 Å². The Kier molecular flexibility index (Phi) is 4.11. The van der Waals surface area contributed by atoms with Gasteiger partial charge >= 0.3 is 0 Å². The molecule has 1 unspecified atom stereocenters. The molecule has 168 valence electrons. The summed E-state index contributed by atoms with van der Waals surface area (Å²) >= 11 is 0. The third-order valence-electron chi connectivity index (χ3n) is 9.64. The molecule has 31 heavy (non-hydrogen) atoms. The van der Waals surface area contributed by atoms with Crippen LogP contribution in [0.1, 0.15) is 59.8 Å². The lowest BCUT2D eigenvalue weighted by Gasteiger charge is -2.63. The smallest absolute Gasteiger partial charge is 0.227 e. The summed E-state index contributed by atoms with van der Waals surface area (Å²) in [5, 5.41) is 11.4. The normalized spacial score (nSPS) is 51.9. The summed E-state index contributed by atoms with van der Waals surface area (Å²) in [5.41, 5.74) is -5.00. The van der Waals surface area contributed by atoms with E-state index in [0.717, 1.165) is 5.57 Å². The molecule has 5 nitrogen and oxygen atoms in total. The van der Waals surface area contributed by atoms with E-state index in [-0.39, 0.29) is 24.0 Å². The number of aliphatic hydroxyl groups is 1. The molecule has 1 N–H and O–H groups in total. The number of ether oxygens (including phenoxy) is 1. The zero-order valence-electron chi connectivity index (χ0n) is 18.6. The van der Waals surface area contributed by atoms with Crippen molar-refractivity contribution in [1.82, 2.24) is 0 Å². The molecule has 4 fully saturated rings. The number of fused-ring (bicyclic) bond motifs is 7. The highest BCUT2D eigenvalue weighted by atomic mass is 19.1. The van der Waals surface area contributed by atoms with Gasteiger partial charge in [0, 0.05) is 16.7 Å². The number of hydrogen-bond donors (Lipinski definition) is 1. The van der Waals surface area contributed by atoms with Crippen molar-refractivity contribution in [3.8, 4) is 0 Å². The van der Waals surface area contributed by atoms with Crippen molar-refractivity contribution < 1.29 is 28.6 Å². The summed E-state index contributed by atoms with van der Waals surface area (Å²) < 4.78 is 23.6. The van der Waals surface area contributed by atoms with Crippen LogP contribution in [0.4, 0.5) is 4.39 Å². The van der Waals surface area contributed by atoms with E-state index in [1.807, 2.05) is 20.8 Å². The van der Waals surface area contributed by atoms with Gasteiger partial charge in [-0.15, -0.1) is 0 Å². The quantitative estimate of drug-likeness (QED) is 0.537. The Morgan fingerprint density at radius 3 is 2.61 bits per heavy atom. The van der Waals surface area contributed by atoms with Crippen molar-refractivity contribution in [2.45, 2.75) is 82.8 Å². The average molecular weight is 431 g/mol. The van der Waals surface area contributed by atoms with Crippen LogP contribution in [0.25, 0.3) is 0 Å². The number of alkyl halides is 1. The number of ketones is 2. The van der Waals surface area contributed by atoms with E-state index in [9.17, 15) is 19.5 Å². The second kappa shape index (κ2) is 6.02. The standard InChI is InChI=1S/C25H31FO5/c1-21(2)11-15-10-18-17-6-5-14-9-16(28)7-8-22(14,3)24(17,26)19(29)12-23(18,4)25(15,31-21)20(30)13-27/h7-9,13,15,17-19,29H,5-6,10-12H2,1-4H3/t15-,17-,18?,19-,22-,23-,24-,25-/m0/s1. The van der Waals surface area contributed by atoms with E-state index >= 15 is 4.39 Å². The molecule has 5 rings (SSSR count). The van der Waals surface area contributed by atoms with Crippen LogP contribution < -0.4 is 0 Å². The van der Waals surface area contributed by atoms with Gasteiger partial charge in [0.1, 0.15) is 5.60 Å². The van der Waals surface area contributed by atoms with Gasteiger partial charge in [-0.25, -0.2) is 4.39 Å². The Bertz CT molecular complexity index is 952. The maximum Gasteiger partial charge on any atom is 0.227 e. The SMILES string of the molecule is CC1(C)C[C@@H]2CC3[C@@H]4CCC5=CC(=O)C=C[C@]5(C)[C@@]4(F)[C@@H](O)C[C@]3(C)[C@]2(C(=O)C=O)O1. The molecule has 0 radical (unpaired) electrons. The molecule has 0 amide bonds. The van der Waals surface area contributed by atoms with Gasteiger partial charge in [0.25, 0.3) is 0 Å². The number of carbonyl (C=O) groups is 3. The maximum atomic E-state index is 17.2. The van der Waals surface area contributed by atoms with Gasteiger partial charge in [-0.05, 0) is 76.9 Å². The van der Waals surface area contributed by atoms with Gasteiger partial charge in [-0.1, -0.05) is 18.6 Å². The fourth-order valence-corrected chi connectivity index (χ4v) is 8.48. The van der Waals surface area contributed by atoms with Crippen LogP contribution in [0, 0.1) is 28.6 Å². The highest BCUT2D eigenvalue weighted by molar-refractivity contribution is 6.29. The van der Waals surface area contributed by atoms with E-state index in [2.05, 4.69) is 0 Å². The van der Waals surface area contributed by atoms with Crippen molar-refractivity contribution in [2.75, 3.05) is 0 Å². The minimum Gasteiger partial charge on any atom is -0.390 e. The van der Waals surface area contributed by atoms with Crippen LogP contribution in [-0.4, -0.2) is 45.9 Å². The van der Waals surface area contributed by atoms with E-state index < -0.39 is 45.5 Å². The van der Waals surface area contributed by atoms with E-state index in [4.69, 9.17) is 4.74 Å². The Morgan fingerprint density at radius 2 is 1.94 bits per heavy atom. The minimum absolute atomic E-state index is 0.0431. The van der Waals surface area contributed by atoms with Crippen molar-refractivity contribution in [1.29, 1.82) is 0 Å². The lowest BCUT2D eigenvalue weighted by Crippen LogP contribution is -2.69. The molecule has 1 aliphatic heterocycles. The van der Waals surface area contributed by atoms with Gasteiger partial charge in [-0.2, -0.15) is 0 Å². The third kappa shape index (κ3) is 2.26. The van der Waals surface area contributed by atoms with Gasteiger partial charge in [0.2, 0.25) is 5.78 Å². The molecule has 8 atom stereocenters. The van der Waals surface area contributed by atoms with E-state index in [1.54, 1.807) is 13.0 Å². The Balaban J connectivity index is 1.65. The van der Waals surface area contributed by atoms with Crippen molar-refractivity contribution in [3.05, 3.63) is 23.8 Å². The topological polar surface area (TPSA) is 80.7 Å². The number of hydrogen-bond acceptors (Lipinski definition) is 5. The van der Waals surface area contributed by atoms with Crippen molar-refractivity contribution in [3.63, 3.8) is 0 Å². The minimum atomic E-state index is -1.95. The van der Waals surface area contributed by atoms with Crippen LogP contribution in [0.15, 0.2) is 23.8 Å². The molecule has 1 heterocycles. The summed E-state index contributed by atoms with van der Waals surface area (Å²) in [6.07, 6.45) is 5.90. The van der Waals surface area contributed by atoms with E-state index in [0.29, 0.717) is 32.0 Å². The molecule has 3 saturated carbocycles. The van der Waals surface area contributed by atoms with Gasteiger partial charge in [0.05, 0.1) is 11.7 Å². The van der Waals surface area contributed by atoms with Gasteiger partial charge in [0.15, 0.2) is 17.7 Å². The lowest BCUT2D eigenvalue weighted by molar-refractivity contribution is -0.232. The molecule has 6 heteroatoms. The molecule has 0 aromatic carbocycles. The Hall–Kier alpha value is -1.66. The molecule has 0 aromatic rings. The number of allylic oxidation sites excluding steroid dienone is 4. The molecule has 5 aliphatic rings. The predicted molar refractivity (Wildman–Crippen MR) is 111 cm³/mol. The maximum absolute atomic E-state index is 17.2. The first-order chi connectivity index (χ1) is 14.4. The number of aliphatic hydroxyl groups excluding tert-OH is 1. The predicted octanol–water partition coefficient (Wildman–Crippen LogP) is 3.29. The largest absolute Gasteiger partial charge is 0.390 e. The average Bonchev–Trinajstić information content (AvgIpc) is 3.09. The van der Waals surface area contributed by atoms with Crippen molar-refractivity contribution in [2.24, 2.45) is 28.6 Å². The molecule has 0 bridgehead atoms. The molecular weight excluding hydrogens is 399 g/mol. The molecule has 0 aromatic heterocycles. The summed E-state index contributed by atoms with van der Waals surface area (Å²) in [7, 11) is 0. The third-order valence-corrected chi connectivity index (χ3v) is 9.64. The zero-order chi connectivity index (χ0) is 22.6. The number of rotatable bonds is 2. The van der Waals surface area contributed by atoms with Crippen LogP contribution in [0.2, 0.25) is 0 Å². The van der Waals surface area contributed by atoms with Gasteiger partial charge in [-0.3, -0.25) is 14.4 Å². The molecular formula is C25H31FO5. The Labute approximate surface area is 182 Å². The molecule has 0 spiro atoms. The number of carbonyl (C=O) groups excluding carboxylic acids is 3. The second-order valence-corrected chi connectivity index (χ2v) is 11.5. The first-order valence-electron chi connectivity index (χ1n) is 11.4.